The van der Waals surface area contributed by atoms with Crippen LogP contribution in [-0.4, -0.2) is 29.6 Å². The molecule has 4 nitrogen and oxygen atoms in total. The molecule has 1 unspecified atom stereocenters. The highest BCUT2D eigenvalue weighted by Gasteiger charge is 2.20. The van der Waals surface area contributed by atoms with Gasteiger partial charge in [-0.1, -0.05) is 51.1 Å². The van der Waals surface area contributed by atoms with Gasteiger partial charge in [0.2, 0.25) is 5.95 Å². The molecule has 1 N–H and O–H groups in total. The third-order valence-electron chi connectivity index (χ3n) is 4.42. The van der Waals surface area contributed by atoms with E-state index in [2.05, 4.69) is 61.3 Å². The molecule has 24 heavy (non-hydrogen) atoms. The van der Waals surface area contributed by atoms with Gasteiger partial charge in [0.15, 0.2) is 0 Å². The summed E-state index contributed by atoms with van der Waals surface area (Å²) >= 11 is 0. The minimum absolute atomic E-state index is 0.582. The van der Waals surface area contributed by atoms with Gasteiger partial charge in [-0.3, -0.25) is 0 Å². The summed E-state index contributed by atoms with van der Waals surface area (Å²) in [5, 5.41) is 3.47. The molecule has 0 radical (unpaired) electrons. The average molecular weight is 324 g/mol. The van der Waals surface area contributed by atoms with Crippen LogP contribution < -0.4 is 10.2 Å². The van der Waals surface area contributed by atoms with Gasteiger partial charge in [0.05, 0.1) is 5.69 Å². The van der Waals surface area contributed by atoms with Gasteiger partial charge in [-0.15, -0.1) is 0 Å². The first-order chi connectivity index (χ1) is 11.6. The average Bonchev–Trinajstić information content (AvgIpc) is 2.60. The number of rotatable bonds is 5. The van der Waals surface area contributed by atoms with Crippen LogP contribution in [0.25, 0.3) is 11.3 Å². The predicted molar refractivity (Wildman–Crippen MR) is 101 cm³/mol. The molecule has 1 fully saturated rings. The topological polar surface area (TPSA) is 41.1 Å². The van der Waals surface area contributed by atoms with Crippen LogP contribution in [0.3, 0.4) is 0 Å². The summed E-state index contributed by atoms with van der Waals surface area (Å²) in [6.07, 6.45) is 2.52. The Labute approximate surface area is 145 Å². The number of aromatic nitrogens is 2. The van der Waals surface area contributed by atoms with Crippen LogP contribution in [0.1, 0.15) is 33.6 Å². The van der Waals surface area contributed by atoms with E-state index < -0.39 is 0 Å². The Morgan fingerprint density at radius 2 is 2.00 bits per heavy atom. The van der Waals surface area contributed by atoms with Gasteiger partial charge in [-0.25, -0.2) is 4.98 Å². The van der Waals surface area contributed by atoms with Crippen LogP contribution in [0.4, 0.5) is 11.8 Å². The molecule has 0 saturated carbocycles. The van der Waals surface area contributed by atoms with Crippen molar-refractivity contribution in [3.63, 3.8) is 0 Å². The summed E-state index contributed by atoms with van der Waals surface area (Å²) in [4.78, 5) is 12.0. The Hall–Kier alpha value is -2.10. The maximum Gasteiger partial charge on any atom is 0.227 e. The summed E-state index contributed by atoms with van der Waals surface area (Å²) in [5.41, 5.74) is 2.13. The molecule has 3 rings (SSSR count). The second-order valence-electron chi connectivity index (χ2n) is 7.27. The first-order valence-corrected chi connectivity index (χ1v) is 9.05. The Morgan fingerprint density at radius 1 is 1.21 bits per heavy atom. The van der Waals surface area contributed by atoms with Crippen LogP contribution in [0.5, 0.6) is 0 Å². The SMILES string of the molecule is CC(C)CNc1cc(-c2ccccc2)nc(N2CCCC(C)C2)n1. The molecular weight excluding hydrogens is 296 g/mol. The van der Waals surface area contributed by atoms with Gasteiger partial charge in [-0.05, 0) is 24.7 Å². The van der Waals surface area contributed by atoms with E-state index in [-0.39, 0.29) is 0 Å². The maximum atomic E-state index is 4.86. The lowest BCUT2D eigenvalue weighted by Crippen LogP contribution is -2.35. The van der Waals surface area contributed by atoms with Crippen molar-refractivity contribution in [2.75, 3.05) is 29.9 Å². The van der Waals surface area contributed by atoms with Gasteiger partial charge in [0.25, 0.3) is 0 Å². The zero-order valence-corrected chi connectivity index (χ0v) is 15.0. The van der Waals surface area contributed by atoms with Crippen LogP contribution in [0.15, 0.2) is 36.4 Å². The predicted octanol–water partition coefficient (Wildman–Crippen LogP) is 4.45. The smallest absolute Gasteiger partial charge is 0.227 e. The van der Waals surface area contributed by atoms with Crippen LogP contribution in [0.2, 0.25) is 0 Å². The van der Waals surface area contributed by atoms with Crippen LogP contribution in [-0.2, 0) is 0 Å². The van der Waals surface area contributed by atoms with E-state index in [1.54, 1.807) is 0 Å². The highest BCUT2D eigenvalue weighted by Crippen LogP contribution is 2.26. The molecule has 1 aromatic heterocycles. The molecule has 2 heterocycles. The normalized spacial score (nSPS) is 18.0. The second-order valence-corrected chi connectivity index (χ2v) is 7.27. The summed E-state index contributed by atoms with van der Waals surface area (Å²) < 4.78 is 0. The van der Waals surface area contributed by atoms with E-state index in [9.17, 15) is 0 Å². The summed E-state index contributed by atoms with van der Waals surface area (Å²) in [7, 11) is 0. The van der Waals surface area contributed by atoms with Crippen molar-refractivity contribution in [3.05, 3.63) is 36.4 Å². The van der Waals surface area contributed by atoms with Crippen molar-refractivity contribution >= 4 is 11.8 Å². The highest BCUT2D eigenvalue weighted by atomic mass is 15.3. The van der Waals surface area contributed by atoms with E-state index in [4.69, 9.17) is 9.97 Å². The Kier molecular flexibility index (Phi) is 5.34. The monoisotopic (exact) mass is 324 g/mol. The quantitative estimate of drug-likeness (QED) is 0.882. The standard InChI is InChI=1S/C20H28N4/c1-15(2)13-21-19-12-18(17-9-5-4-6-10-17)22-20(23-19)24-11-7-8-16(3)14-24/h4-6,9-10,12,15-16H,7-8,11,13-14H2,1-3H3,(H,21,22,23). The van der Waals surface area contributed by atoms with Crippen LogP contribution >= 0.6 is 0 Å². The fourth-order valence-electron chi connectivity index (χ4n) is 3.10. The molecule has 4 heteroatoms. The second kappa shape index (κ2) is 7.65. The lowest BCUT2D eigenvalue weighted by Gasteiger charge is -2.31. The van der Waals surface area contributed by atoms with Crippen molar-refractivity contribution in [2.24, 2.45) is 11.8 Å². The molecule has 0 bridgehead atoms. The number of nitrogens with zero attached hydrogens (tertiary/aromatic N) is 3. The van der Waals surface area contributed by atoms with Crippen molar-refractivity contribution in [2.45, 2.75) is 33.6 Å². The van der Waals surface area contributed by atoms with E-state index in [1.807, 2.05) is 6.07 Å². The molecule has 0 amide bonds. The molecule has 0 spiro atoms. The molecule has 1 atom stereocenters. The maximum absolute atomic E-state index is 4.86. The third kappa shape index (κ3) is 4.25. The van der Waals surface area contributed by atoms with Gasteiger partial charge in [-0.2, -0.15) is 4.98 Å². The summed E-state index contributed by atoms with van der Waals surface area (Å²) in [6.45, 7) is 9.74. The lowest BCUT2D eigenvalue weighted by molar-refractivity contribution is 0.442. The highest BCUT2D eigenvalue weighted by molar-refractivity contribution is 5.64. The minimum atomic E-state index is 0.582. The first kappa shape index (κ1) is 16.7. The van der Waals surface area contributed by atoms with Gasteiger partial charge in [0, 0.05) is 31.3 Å². The Morgan fingerprint density at radius 3 is 2.71 bits per heavy atom. The molecule has 0 aliphatic carbocycles. The summed E-state index contributed by atoms with van der Waals surface area (Å²) in [5.74, 6) is 3.06. The molecular formula is C20H28N4. The van der Waals surface area contributed by atoms with E-state index >= 15 is 0 Å². The number of benzene rings is 1. The largest absolute Gasteiger partial charge is 0.370 e. The molecule has 1 aromatic carbocycles. The van der Waals surface area contributed by atoms with Crippen LogP contribution in [0, 0.1) is 11.8 Å². The zero-order valence-electron chi connectivity index (χ0n) is 15.0. The Bertz CT molecular complexity index is 654. The molecule has 1 aliphatic heterocycles. The van der Waals surface area contributed by atoms with Crippen molar-refractivity contribution in [3.8, 4) is 11.3 Å². The first-order valence-electron chi connectivity index (χ1n) is 9.05. The van der Waals surface area contributed by atoms with Crippen molar-refractivity contribution < 1.29 is 0 Å². The fourth-order valence-corrected chi connectivity index (χ4v) is 3.10. The number of hydrogen-bond acceptors (Lipinski definition) is 4. The van der Waals surface area contributed by atoms with Gasteiger partial charge >= 0.3 is 0 Å². The van der Waals surface area contributed by atoms with Gasteiger partial charge < -0.3 is 10.2 Å². The number of piperidine rings is 1. The van der Waals surface area contributed by atoms with Crippen molar-refractivity contribution in [1.29, 1.82) is 0 Å². The molecule has 1 aliphatic rings. The molecule has 2 aromatic rings. The number of nitrogens with one attached hydrogen (secondary N) is 1. The number of hydrogen-bond donors (Lipinski definition) is 1. The molecule has 1 saturated heterocycles. The fraction of sp³-hybridized carbons (Fsp3) is 0.500. The van der Waals surface area contributed by atoms with Crippen molar-refractivity contribution in [1.82, 2.24) is 9.97 Å². The van der Waals surface area contributed by atoms with E-state index in [0.29, 0.717) is 11.8 Å². The summed E-state index contributed by atoms with van der Waals surface area (Å²) in [6, 6.07) is 12.4. The zero-order chi connectivity index (χ0) is 16.9. The third-order valence-corrected chi connectivity index (χ3v) is 4.42. The lowest BCUT2D eigenvalue weighted by atomic mass is 10.0. The van der Waals surface area contributed by atoms with E-state index in [0.717, 1.165) is 42.7 Å². The minimum Gasteiger partial charge on any atom is -0.370 e. The Balaban J connectivity index is 1.93. The van der Waals surface area contributed by atoms with Gasteiger partial charge in [0.1, 0.15) is 5.82 Å². The number of anilines is 2. The van der Waals surface area contributed by atoms with E-state index in [1.165, 1.54) is 12.8 Å². The molecule has 128 valence electrons.